The van der Waals surface area contributed by atoms with Gasteiger partial charge in [0.1, 0.15) is 0 Å². The molecule has 2 aromatic rings. The Morgan fingerprint density at radius 3 is 1.28 bits per heavy atom. The van der Waals surface area contributed by atoms with Gasteiger partial charge in [0.2, 0.25) is 0 Å². The summed E-state index contributed by atoms with van der Waals surface area (Å²) in [6, 6.07) is 9.83. The molecule has 1 saturated heterocycles. The quantitative estimate of drug-likeness (QED) is 0.695. The molecule has 0 aromatic heterocycles. The molecule has 3 rings (SSSR count). The van der Waals surface area contributed by atoms with Gasteiger partial charge < -0.3 is 4.90 Å². The first kappa shape index (κ1) is 18.2. The number of piperidine rings is 1. The number of hydrogen-bond donors (Lipinski definition) is 0. The second-order valence-corrected chi connectivity index (χ2v) is 8.36. The van der Waals surface area contributed by atoms with Gasteiger partial charge in [-0.05, 0) is 119 Å². The second-order valence-electron chi connectivity index (χ2n) is 8.36. The van der Waals surface area contributed by atoms with Gasteiger partial charge in [-0.25, -0.2) is 0 Å². The lowest BCUT2D eigenvalue weighted by molar-refractivity contribution is 0.213. The fourth-order valence-electron chi connectivity index (χ4n) is 4.37. The molecule has 1 nitrogen and oxygen atoms in total. The lowest BCUT2D eigenvalue weighted by Crippen LogP contribution is -2.42. The highest BCUT2D eigenvalue weighted by Crippen LogP contribution is 2.43. The van der Waals surface area contributed by atoms with E-state index < -0.39 is 0 Å². The summed E-state index contributed by atoms with van der Waals surface area (Å²) in [6.07, 6.45) is 2.40. The SMILES string of the molecule is Cc1cc(C2(c3cc(C)c(C)c(C)c3)CCN(C)CC2)cc(C)c1C. The van der Waals surface area contributed by atoms with Crippen LogP contribution in [0.15, 0.2) is 24.3 Å². The minimum Gasteiger partial charge on any atom is -0.306 e. The minimum atomic E-state index is 0.152. The highest BCUT2D eigenvalue weighted by Gasteiger charge is 2.38. The maximum absolute atomic E-state index is 2.47. The Morgan fingerprint density at radius 1 is 0.640 bits per heavy atom. The van der Waals surface area contributed by atoms with Crippen molar-refractivity contribution in [2.45, 2.75) is 59.8 Å². The van der Waals surface area contributed by atoms with Crippen LogP contribution in [0, 0.1) is 41.5 Å². The fourth-order valence-corrected chi connectivity index (χ4v) is 4.37. The zero-order valence-electron chi connectivity index (χ0n) is 17.1. The van der Waals surface area contributed by atoms with E-state index in [0.717, 1.165) is 13.1 Å². The van der Waals surface area contributed by atoms with Crippen LogP contribution in [0.4, 0.5) is 0 Å². The molecule has 1 aliphatic rings. The van der Waals surface area contributed by atoms with Crippen LogP contribution in [-0.2, 0) is 5.41 Å². The van der Waals surface area contributed by atoms with E-state index in [-0.39, 0.29) is 5.41 Å². The van der Waals surface area contributed by atoms with Crippen molar-refractivity contribution in [2.24, 2.45) is 0 Å². The lowest BCUT2D eigenvalue weighted by atomic mass is 9.66. The van der Waals surface area contributed by atoms with E-state index in [1.54, 1.807) is 0 Å². The van der Waals surface area contributed by atoms with Gasteiger partial charge in [0.05, 0.1) is 0 Å². The van der Waals surface area contributed by atoms with Gasteiger partial charge in [-0.15, -0.1) is 0 Å². The van der Waals surface area contributed by atoms with Crippen LogP contribution in [-0.4, -0.2) is 25.0 Å². The Labute approximate surface area is 154 Å². The Morgan fingerprint density at radius 2 is 0.960 bits per heavy atom. The molecule has 134 valence electrons. The first-order valence-corrected chi connectivity index (χ1v) is 9.60. The molecule has 0 saturated carbocycles. The lowest BCUT2D eigenvalue weighted by Gasteiger charge is -2.42. The third kappa shape index (κ3) is 3.15. The first-order chi connectivity index (χ1) is 11.7. The monoisotopic (exact) mass is 335 g/mol. The van der Waals surface area contributed by atoms with Crippen molar-refractivity contribution in [3.05, 3.63) is 68.8 Å². The largest absolute Gasteiger partial charge is 0.306 e. The predicted molar refractivity (Wildman–Crippen MR) is 109 cm³/mol. The molecule has 1 aliphatic heterocycles. The molecule has 1 fully saturated rings. The van der Waals surface area contributed by atoms with E-state index in [4.69, 9.17) is 0 Å². The molecule has 25 heavy (non-hydrogen) atoms. The van der Waals surface area contributed by atoms with Gasteiger partial charge in [-0.3, -0.25) is 0 Å². The fraction of sp³-hybridized carbons (Fsp3) is 0.500. The third-order valence-electron chi connectivity index (χ3n) is 6.80. The molecule has 0 bridgehead atoms. The van der Waals surface area contributed by atoms with Gasteiger partial charge in [0, 0.05) is 5.41 Å². The number of rotatable bonds is 2. The number of benzene rings is 2. The van der Waals surface area contributed by atoms with Crippen LogP contribution < -0.4 is 0 Å². The summed E-state index contributed by atoms with van der Waals surface area (Å²) >= 11 is 0. The molecule has 2 aromatic carbocycles. The Balaban J connectivity index is 2.22. The van der Waals surface area contributed by atoms with Crippen LogP contribution in [0.3, 0.4) is 0 Å². The molecular formula is C24H33N. The van der Waals surface area contributed by atoms with Crippen molar-refractivity contribution in [2.75, 3.05) is 20.1 Å². The summed E-state index contributed by atoms with van der Waals surface area (Å²) in [5.41, 5.74) is 11.8. The van der Waals surface area contributed by atoms with E-state index in [1.165, 1.54) is 57.3 Å². The molecule has 0 N–H and O–H groups in total. The zero-order chi connectivity index (χ0) is 18.4. The third-order valence-corrected chi connectivity index (χ3v) is 6.80. The topological polar surface area (TPSA) is 3.24 Å². The van der Waals surface area contributed by atoms with Gasteiger partial charge in [0.25, 0.3) is 0 Å². The Kier molecular flexibility index (Phi) is 4.81. The van der Waals surface area contributed by atoms with E-state index in [1.807, 2.05) is 0 Å². The second kappa shape index (κ2) is 6.61. The summed E-state index contributed by atoms with van der Waals surface area (Å²) < 4.78 is 0. The number of hydrogen-bond acceptors (Lipinski definition) is 1. The average molecular weight is 336 g/mol. The molecule has 0 spiro atoms. The normalized spacial score (nSPS) is 17.7. The van der Waals surface area contributed by atoms with Crippen LogP contribution >= 0.6 is 0 Å². The van der Waals surface area contributed by atoms with Gasteiger partial charge in [-0.1, -0.05) is 24.3 Å². The summed E-state index contributed by atoms with van der Waals surface area (Å²) in [5, 5.41) is 0. The predicted octanol–water partition coefficient (Wildman–Crippen LogP) is 5.55. The molecule has 0 unspecified atom stereocenters. The number of likely N-dealkylation sites (tertiary alicyclic amines) is 1. The van der Waals surface area contributed by atoms with Crippen molar-refractivity contribution in [1.29, 1.82) is 0 Å². The maximum Gasteiger partial charge on any atom is 0.0227 e. The summed E-state index contributed by atoms with van der Waals surface area (Å²) in [7, 11) is 2.25. The van der Waals surface area contributed by atoms with Crippen LogP contribution in [0.1, 0.15) is 57.3 Å². The molecule has 0 radical (unpaired) electrons. The first-order valence-electron chi connectivity index (χ1n) is 9.60. The van der Waals surface area contributed by atoms with Crippen molar-refractivity contribution in [1.82, 2.24) is 4.90 Å². The average Bonchev–Trinajstić information content (AvgIpc) is 2.57. The maximum atomic E-state index is 2.47. The van der Waals surface area contributed by atoms with E-state index >= 15 is 0 Å². The zero-order valence-corrected chi connectivity index (χ0v) is 17.1. The minimum absolute atomic E-state index is 0.152. The molecule has 0 atom stereocenters. The highest BCUT2D eigenvalue weighted by molar-refractivity contribution is 5.49. The van der Waals surface area contributed by atoms with Gasteiger partial charge in [0.15, 0.2) is 0 Å². The summed E-state index contributed by atoms with van der Waals surface area (Å²) in [6.45, 7) is 15.9. The van der Waals surface area contributed by atoms with Crippen LogP contribution in [0.2, 0.25) is 0 Å². The summed E-state index contributed by atoms with van der Waals surface area (Å²) in [5.74, 6) is 0. The van der Waals surface area contributed by atoms with E-state index in [2.05, 4.69) is 77.8 Å². The van der Waals surface area contributed by atoms with Crippen LogP contribution in [0.25, 0.3) is 0 Å². The van der Waals surface area contributed by atoms with Gasteiger partial charge >= 0.3 is 0 Å². The molecular weight excluding hydrogens is 302 g/mol. The van der Waals surface area contributed by atoms with Crippen molar-refractivity contribution >= 4 is 0 Å². The van der Waals surface area contributed by atoms with Gasteiger partial charge in [-0.2, -0.15) is 0 Å². The molecule has 0 aliphatic carbocycles. The van der Waals surface area contributed by atoms with Crippen LogP contribution in [0.5, 0.6) is 0 Å². The van der Waals surface area contributed by atoms with Crippen molar-refractivity contribution < 1.29 is 0 Å². The number of aryl methyl sites for hydroxylation is 4. The van der Waals surface area contributed by atoms with Crippen molar-refractivity contribution in [3.8, 4) is 0 Å². The standard InChI is InChI=1S/C24H33N/c1-16-12-22(13-17(2)20(16)5)24(8-10-25(7)11-9-24)23-14-18(3)21(6)19(4)15-23/h12-15H,8-11H2,1-7H3. The highest BCUT2D eigenvalue weighted by atomic mass is 15.1. The van der Waals surface area contributed by atoms with Crippen molar-refractivity contribution in [3.63, 3.8) is 0 Å². The number of nitrogens with zero attached hydrogens (tertiary/aromatic N) is 1. The molecule has 1 heterocycles. The molecule has 0 amide bonds. The Bertz CT molecular complexity index is 686. The summed E-state index contributed by atoms with van der Waals surface area (Å²) in [4.78, 5) is 2.47. The van der Waals surface area contributed by atoms with E-state index in [0.29, 0.717) is 0 Å². The Hall–Kier alpha value is -1.60. The van der Waals surface area contributed by atoms with E-state index in [9.17, 15) is 0 Å². The molecule has 1 heteroatoms. The smallest absolute Gasteiger partial charge is 0.0227 e.